The van der Waals surface area contributed by atoms with Gasteiger partial charge in [-0.2, -0.15) is 0 Å². The van der Waals surface area contributed by atoms with Gasteiger partial charge >= 0.3 is 5.97 Å². The van der Waals surface area contributed by atoms with Crippen LogP contribution in [0.5, 0.6) is 0 Å². The van der Waals surface area contributed by atoms with Crippen molar-refractivity contribution in [1.29, 1.82) is 0 Å². The maximum Gasteiger partial charge on any atom is 0.316 e. The SMILES string of the molecule is CCOC(=O)CSc1cncc(N2CCc3c(Br)cccc3C2)n1. The van der Waals surface area contributed by atoms with Crippen molar-refractivity contribution < 1.29 is 9.53 Å². The van der Waals surface area contributed by atoms with Crippen LogP contribution in [0.15, 0.2) is 40.1 Å². The minimum atomic E-state index is -0.230. The number of esters is 1. The van der Waals surface area contributed by atoms with Crippen LogP contribution >= 0.6 is 27.7 Å². The van der Waals surface area contributed by atoms with Gasteiger partial charge < -0.3 is 9.64 Å². The van der Waals surface area contributed by atoms with E-state index >= 15 is 0 Å². The molecule has 0 unspecified atom stereocenters. The molecule has 0 aliphatic carbocycles. The average molecular weight is 408 g/mol. The number of carbonyl (C=O) groups excluding carboxylic acids is 1. The minimum absolute atomic E-state index is 0.230. The summed E-state index contributed by atoms with van der Waals surface area (Å²) in [6.45, 7) is 3.91. The Balaban J connectivity index is 1.69. The van der Waals surface area contributed by atoms with Crippen LogP contribution in [-0.2, 0) is 22.5 Å². The van der Waals surface area contributed by atoms with Crippen LogP contribution < -0.4 is 4.90 Å². The molecule has 24 heavy (non-hydrogen) atoms. The monoisotopic (exact) mass is 407 g/mol. The lowest BCUT2D eigenvalue weighted by atomic mass is 10.00. The van der Waals surface area contributed by atoms with E-state index in [1.165, 1.54) is 27.4 Å². The van der Waals surface area contributed by atoms with E-state index in [-0.39, 0.29) is 11.7 Å². The molecule has 0 bridgehead atoms. The maximum absolute atomic E-state index is 11.5. The Hall–Kier alpha value is -1.60. The second-order valence-electron chi connectivity index (χ2n) is 5.36. The van der Waals surface area contributed by atoms with E-state index in [2.05, 4.69) is 49.0 Å². The number of thioether (sulfide) groups is 1. The van der Waals surface area contributed by atoms with Crippen LogP contribution in [0.1, 0.15) is 18.1 Å². The number of nitrogens with zero attached hydrogens (tertiary/aromatic N) is 3. The van der Waals surface area contributed by atoms with Crippen molar-refractivity contribution in [1.82, 2.24) is 9.97 Å². The fourth-order valence-corrected chi connectivity index (χ4v) is 3.90. The fraction of sp³-hybridized carbons (Fsp3) is 0.353. The molecule has 5 nitrogen and oxygen atoms in total. The van der Waals surface area contributed by atoms with Crippen LogP contribution in [0.3, 0.4) is 0 Å². The van der Waals surface area contributed by atoms with E-state index < -0.39 is 0 Å². The smallest absolute Gasteiger partial charge is 0.316 e. The van der Waals surface area contributed by atoms with E-state index in [1.807, 2.05) is 0 Å². The van der Waals surface area contributed by atoms with Gasteiger partial charge in [-0.15, -0.1) is 0 Å². The predicted molar refractivity (Wildman–Crippen MR) is 98.3 cm³/mol. The molecule has 0 saturated carbocycles. The number of anilines is 1. The molecule has 7 heteroatoms. The number of fused-ring (bicyclic) bond motifs is 1. The molecule has 1 aromatic carbocycles. The molecule has 1 aliphatic rings. The molecule has 3 rings (SSSR count). The van der Waals surface area contributed by atoms with Gasteiger partial charge in [-0.05, 0) is 30.5 Å². The van der Waals surface area contributed by atoms with Crippen molar-refractivity contribution in [2.75, 3.05) is 23.8 Å². The maximum atomic E-state index is 11.5. The average Bonchev–Trinajstić information content (AvgIpc) is 2.60. The van der Waals surface area contributed by atoms with E-state index in [4.69, 9.17) is 4.74 Å². The molecule has 0 spiro atoms. The fourth-order valence-electron chi connectivity index (χ4n) is 2.65. The van der Waals surface area contributed by atoms with Crippen LogP contribution in [0.25, 0.3) is 0 Å². The van der Waals surface area contributed by atoms with Gasteiger partial charge in [0, 0.05) is 17.6 Å². The van der Waals surface area contributed by atoms with Gasteiger partial charge in [-0.25, -0.2) is 4.98 Å². The zero-order chi connectivity index (χ0) is 16.9. The Morgan fingerprint density at radius 2 is 2.29 bits per heavy atom. The predicted octanol–water partition coefficient (Wildman–Crippen LogP) is 3.46. The summed E-state index contributed by atoms with van der Waals surface area (Å²) in [4.78, 5) is 22.6. The molecule has 2 heterocycles. The van der Waals surface area contributed by atoms with Crippen molar-refractivity contribution in [2.24, 2.45) is 0 Å². The lowest BCUT2D eigenvalue weighted by Gasteiger charge is -2.30. The molecule has 0 N–H and O–H groups in total. The first-order valence-electron chi connectivity index (χ1n) is 7.79. The third-order valence-corrected chi connectivity index (χ3v) is 5.39. The number of hydrogen-bond acceptors (Lipinski definition) is 6. The first-order valence-corrected chi connectivity index (χ1v) is 9.57. The van der Waals surface area contributed by atoms with Crippen molar-refractivity contribution in [3.05, 3.63) is 46.2 Å². The zero-order valence-electron chi connectivity index (χ0n) is 13.4. The first kappa shape index (κ1) is 17.2. The molecule has 2 aromatic rings. The highest BCUT2D eigenvalue weighted by Crippen LogP contribution is 2.29. The summed E-state index contributed by atoms with van der Waals surface area (Å²) >= 11 is 4.98. The largest absolute Gasteiger partial charge is 0.465 e. The van der Waals surface area contributed by atoms with Crippen molar-refractivity contribution in [3.63, 3.8) is 0 Å². The van der Waals surface area contributed by atoms with E-state index in [0.717, 1.165) is 30.4 Å². The highest BCUT2D eigenvalue weighted by Gasteiger charge is 2.19. The summed E-state index contributed by atoms with van der Waals surface area (Å²) in [5, 5.41) is 0.737. The summed E-state index contributed by atoms with van der Waals surface area (Å²) < 4.78 is 6.11. The number of rotatable bonds is 5. The topological polar surface area (TPSA) is 55.3 Å². The molecular formula is C17H18BrN3O2S. The molecule has 0 amide bonds. The standard InChI is InChI=1S/C17H18BrN3O2S/c1-2-23-17(22)11-24-16-9-19-8-15(20-16)21-7-6-13-12(10-21)4-3-5-14(13)18/h3-5,8-9H,2,6-7,10-11H2,1H3. The molecule has 126 valence electrons. The van der Waals surface area contributed by atoms with Crippen molar-refractivity contribution in [2.45, 2.75) is 24.9 Å². The highest BCUT2D eigenvalue weighted by molar-refractivity contribution is 9.10. The normalized spacial score (nSPS) is 13.5. The van der Waals surface area contributed by atoms with E-state index in [9.17, 15) is 4.79 Å². The summed E-state index contributed by atoms with van der Waals surface area (Å²) in [7, 11) is 0. The summed E-state index contributed by atoms with van der Waals surface area (Å²) in [6, 6.07) is 6.30. The molecule has 1 aliphatic heterocycles. The lowest BCUT2D eigenvalue weighted by molar-refractivity contribution is -0.139. The lowest BCUT2D eigenvalue weighted by Crippen LogP contribution is -2.31. The van der Waals surface area contributed by atoms with Gasteiger partial charge in [0.2, 0.25) is 0 Å². The third kappa shape index (κ3) is 4.08. The number of benzene rings is 1. The van der Waals surface area contributed by atoms with Crippen LogP contribution in [0.2, 0.25) is 0 Å². The Kier molecular flexibility index (Phi) is 5.73. The van der Waals surface area contributed by atoms with Crippen LogP contribution in [0.4, 0.5) is 5.82 Å². The third-order valence-electron chi connectivity index (χ3n) is 3.78. The Bertz CT molecular complexity index is 742. The number of hydrogen-bond donors (Lipinski definition) is 0. The Labute approximate surface area is 154 Å². The van der Waals surface area contributed by atoms with Crippen molar-refractivity contribution in [3.8, 4) is 0 Å². The van der Waals surface area contributed by atoms with Gasteiger partial charge in [0.15, 0.2) is 0 Å². The van der Waals surface area contributed by atoms with Gasteiger partial charge in [0.1, 0.15) is 10.8 Å². The second kappa shape index (κ2) is 7.98. The number of halogens is 1. The van der Waals surface area contributed by atoms with E-state index in [1.54, 1.807) is 19.3 Å². The number of aromatic nitrogens is 2. The molecule has 0 fully saturated rings. The van der Waals surface area contributed by atoms with Gasteiger partial charge in [-0.3, -0.25) is 9.78 Å². The zero-order valence-corrected chi connectivity index (χ0v) is 15.8. The quantitative estimate of drug-likeness (QED) is 0.558. The minimum Gasteiger partial charge on any atom is -0.465 e. The van der Waals surface area contributed by atoms with Gasteiger partial charge in [-0.1, -0.05) is 39.8 Å². The van der Waals surface area contributed by atoms with Crippen molar-refractivity contribution >= 4 is 39.5 Å². The molecule has 0 saturated heterocycles. The molecular weight excluding hydrogens is 390 g/mol. The summed E-state index contributed by atoms with van der Waals surface area (Å²) in [5.74, 6) is 0.864. The number of ether oxygens (including phenoxy) is 1. The molecule has 0 radical (unpaired) electrons. The second-order valence-corrected chi connectivity index (χ2v) is 7.21. The molecule has 0 atom stereocenters. The Morgan fingerprint density at radius 1 is 1.42 bits per heavy atom. The van der Waals surface area contributed by atoms with Crippen LogP contribution in [-0.4, -0.2) is 34.8 Å². The molecule has 1 aromatic heterocycles. The van der Waals surface area contributed by atoms with E-state index in [0.29, 0.717) is 6.61 Å². The van der Waals surface area contributed by atoms with Gasteiger partial charge in [0.25, 0.3) is 0 Å². The van der Waals surface area contributed by atoms with Gasteiger partial charge in [0.05, 0.1) is 24.8 Å². The number of carbonyl (C=O) groups is 1. The summed E-state index contributed by atoms with van der Waals surface area (Å²) in [5.41, 5.74) is 2.68. The Morgan fingerprint density at radius 3 is 3.12 bits per heavy atom. The first-order chi connectivity index (χ1) is 11.7. The highest BCUT2D eigenvalue weighted by atomic mass is 79.9. The summed E-state index contributed by atoms with van der Waals surface area (Å²) in [6.07, 6.45) is 4.43. The van der Waals surface area contributed by atoms with Crippen LogP contribution in [0, 0.1) is 0 Å².